The number of halogens is 7. The van der Waals surface area contributed by atoms with Gasteiger partial charge in [-0.05, 0) is 49.6 Å². The molecule has 0 fully saturated rings. The van der Waals surface area contributed by atoms with E-state index < -0.39 is 74.8 Å². The summed E-state index contributed by atoms with van der Waals surface area (Å²) in [5, 5.41) is 0.256. The van der Waals surface area contributed by atoms with Gasteiger partial charge < -0.3 is 5.73 Å². The van der Waals surface area contributed by atoms with Gasteiger partial charge >= 0.3 is 6.18 Å². The largest absolute Gasteiger partial charge is 0.416 e. The highest BCUT2D eigenvalue weighted by atomic mass is 32.2. The molecule has 0 saturated heterocycles. The quantitative estimate of drug-likeness (QED) is 0.216. The molecule has 232 valence electrons. The number of thioether (sulfide) groups is 1. The molecule has 2 heterocycles. The minimum atomic E-state index is -4.89. The average Bonchev–Trinajstić information content (AvgIpc) is 3.22. The third-order valence-corrected chi connectivity index (χ3v) is 9.53. The molecule has 5 rings (SSSR count). The maximum atomic E-state index is 15.8. The summed E-state index contributed by atoms with van der Waals surface area (Å²) < 4.78 is 102. The predicted octanol–water partition coefficient (Wildman–Crippen LogP) is 8.95. The topological polar surface area (TPSA) is 48.0 Å². The first-order valence-corrected chi connectivity index (χ1v) is 14.6. The minimum Gasteiger partial charge on any atom is -0.322 e. The molecule has 44 heavy (non-hydrogen) atoms. The van der Waals surface area contributed by atoms with Gasteiger partial charge in [0.25, 0.3) is 11.5 Å². The molecule has 0 amide bonds. The van der Waals surface area contributed by atoms with E-state index in [1.54, 1.807) is 30.3 Å². The van der Waals surface area contributed by atoms with E-state index in [0.717, 1.165) is 24.3 Å². The highest BCUT2D eigenvalue weighted by Crippen LogP contribution is 2.54. The van der Waals surface area contributed by atoms with Crippen LogP contribution in [-0.4, -0.2) is 9.31 Å². The Balaban J connectivity index is 1.86. The average molecular weight is 635 g/mol. The number of nitrogens with two attached hydrogens (primary N) is 1. The van der Waals surface area contributed by atoms with Gasteiger partial charge in [0, 0.05) is 29.2 Å². The van der Waals surface area contributed by atoms with Crippen LogP contribution in [0.1, 0.15) is 66.2 Å². The highest BCUT2D eigenvalue weighted by molar-refractivity contribution is 8.00. The number of hydrogen-bond donors (Lipinski definition) is 1. The van der Waals surface area contributed by atoms with Crippen molar-refractivity contribution in [2.45, 2.75) is 68.1 Å². The molecule has 0 saturated carbocycles. The van der Waals surface area contributed by atoms with Crippen molar-refractivity contribution in [1.82, 2.24) is 4.57 Å². The predicted molar refractivity (Wildman–Crippen MR) is 157 cm³/mol. The van der Waals surface area contributed by atoms with Crippen molar-refractivity contribution >= 4 is 11.8 Å². The number of nitrogens with zero attached hydrogens (tertiary/aromatic N) is 1. The second kappa shape index (κ2) is 11.1. The Hall–Kier alpha value is -3.57. The Morgan fingerprint density at radius 2 is 1.52 bits per heavy atom. The molecule has 1 aromatic heterocycles. The van der Waals surface area contributed by atoms with E-state index in [0.29, 0.717) is 12.5 Å². The van der Waals surface area contributed by atoms with Crippen molar-refractivity contribution in [1.29, 1.82) is 0 Å². The lowest BCUT2D eigenvalue weighted by molar-refractivity contribution is -0.138. The molecule has 3 nitrogen and oxygen atoms in total. The van der Waals surface area contributed by atoms with E-state index in [-0.39, 0.29) is 21.7 Å². The van der Waals surface area contributed by atoms with E-state index in [9.17, 15) is 26.7 Å². The van der Waals surface area contributed by atoms with Gasteiger partial charge in [0.15, 0.2) is 0 Å². The Labute approximate surface area is 253 Å². The fourth-order valence-electron chi connectivity index (χ4n) is 6.03. The third kappa shape index (κ3) is 5.45. The lowest BCUT2D eigenvalue weighted by Crippen LogP contribution is -2.39. The van der Waals surface area contributed by atoms with Gasteiger partial charge in [0.1, 0.15) is 11.6 Å². The van der Waals surface area contributed by atoms with Crippen LogP contribution in [0.4, 0.5) is 30.7 Å². The van der Waals surface area contributed by atoms with Crippen LogP contribution in [-0.2, 0) is 18.5 Å². The number of alkyl halides is 5. The normalized spacial score (nSPS) is 17.0. The van der Waals surface area contributed by atoms with Crippen LogP contribution < -0.4 is 11.3 Å². The molecule has 0 bridgehead atoms. The van der Waals surface area contributed by atoms with Crippen molar-refractivity contribution in [2.75, 3.05) is 0 Å². The Morgan fingerprint density at radius 3 is 2.14 bits per heavy atom. The fourth-order valence-corrected chi connectivity index (χ4v) is 7.55. The minimum absolute atomic E-state index is 0.0605. The maximum Gasteiger partial charge on any atom is 0.416 e. The Morgan fingerprint density at radius 1 is 0.909 bits per heavy atom. The van der Waals surface area contributed by atoms with Gasteiger partial charge in [0.2, 0.25) is 0 Å². The maximum absolute atomic E-state index is 15.8. The summed E-state index contributed by atoms with van der Waals surface area (Å²) in [7, 11) is 0. The second-order valence-electron chi connectivity index (χ2n) is 11.5. The zero-order valence-corrected chi connectivity index (χ0v) is 25.0. The first-order valence-electron chi connectivity index (χ1n) is 13.7. The molecule has 2 N–H and O–H groups in total. The Kier molecular flexibility index (Phi) is 8.03. The van der Waals surface area contributed by atoms with Gasteiger partial charge in [-0.25, -0.2) is 17.6 Å². The van der Waals surface area contributed by atoms with Crippen LogP contribution >= 0.6 is 11.8 Å². The molecule has 4 aromatic rings. The van der Waals surface area contributed by atoms with E-state index in [4.69, 9.17) is 5.73 Å². The van der Waals surface area contributed by atoms with Gasteiger partial charge in [-0.1, -0.05) is 66.4 Å². The molecule has 2 atom stereocenters. The molecular weight excluding hydrogens is 605 g/mol. The van der Waals surface area contributed by atoms with E-state index in [1.807, 2.05) is 13.8 Å². The second-order valence-corrected chi connectivity index (χ2v) is 13.2. The first kappa shape index (κ1) is 31.8. The lowest BCUT2D eigenvalue weighted by Gasteiger charge is -2.32. The third-order valence-electron chi connectivity index (χ3n) is 8.13. The summed E-state index contributed by atoms with van der Waals surface area (Å²) in [4.78, 5) is 14.4. The Bertz CT molecular complexity index is 1790. The lowest BCUT2D eigenvalue weighted by atomic mass is 9.88. The zero-order chi connectivity index (χ0) is 32.4. The molecular formula is C33H29F7N2OS. The van der Waals surface area contributed by atoms with Crippen molar-refractivity contribution in [3.05, 3.63) is 122 Å². The summed E-state index contributed by atoms with van der Waals surface area (Å²) >= 11 is 1.20. The monoisotopic (exact) mass is 634 g/mol. The summed E-state index contributed by atoms with van der Waals surface area (Å²) in [6, 6.07) is 13.2. The molecule has 0 aliphatic carbocycles. The van der Waals surface area contributed by atoms with Crippen LogP contribution in [0.2, 0.25) is 0 Å². The van der Waals surface area contributed by atoms with Crippen LogP contribution in [0.3, 0.4) is 0 Å². The highest BCUT2D eigenvalue weighted by Gasteiger charge is 2.47. The summed E-state index contributed by atoms with van der Waals surface area (Å²) in [5.41, 5.74) is 3.35. The first-order chi connectivity index (χ1) is 20.4. The van der Waals surface area contributed by atoms with Gasteiger partial charge in [-0.2, -0.15) is 13.2 Å². The molecule has 3 aromatic carbocycles. The number of pyridine rings is 1. The molecule has 1 aliphatic heterocycles. The smallest absolute Gasteiger partial charge is 0.322 e. The number of fused-ring (bicyclic) bond motifs is 1. The van der Waals surface area contributed by atoms with Crippen molar-refractivity contribution < 1.29 is 30.7 Å². The van der Waals surface area contributed by atoms with Crippen LogP contribution in [0, 0.1) is 18.6 Å². The number of hydrogen-bond acceptors (Lipinski definition) is 3. The molecule has 11 heteroatoms. The van der Waals surface area contributed by atoms with Gasteiger partial charge in [-0.15, -0.1) is 0 Å². The fraction of sp³-hybridized carbons (Fsp3) is 0.303. The van der Waals surface area contributed by atoms with E-state index in [2.05, 4.69) is 0 Å². The summed E-state index contributed by atoms with van der Waals surface area (Å²) in [5.74, 6) is -6.03. The van der Waals surface area contributed by atoms with Gasteiger partial charge in [0.05, 0.1) is 33.8 Å². The SMILES string of the molecule is Cc1c(Cc2c(F)cccc2C(F)(F)F)c2n(c(=O)c1-c1cccc(C(C)(F)F)c1F)[C@@H](C(N)c1ccccc1)C(C)(C)S2. The van der Waals surface area contributed by atoms with Crippen LogP contribution in [0.5, 0.6) is 0 Å². The number of rotatable bonds is 6. The summed E-state index contributed by atoms with van der Waals surface area (Å²) in [6.45, 7) is 5.57. The molecule has 0 spiro atoms. The number of benzene rings is 3. The molecule has 1 aliphatic rings. The van der Waals surface area contributed by atoms with Crippen molar-refractivity contribution in [3.63, 3.8) is 0 Å². The van der Waals surface area contributed by atoms with E-state index >= 15 is 8.78 Å². The van der Waals surface area contributed by atoms with Gasteiger partial charge in [-0.3, -0.25) is 9.36 Å². The standard InChI is InChI=1S/C33H29F7N2OS/c1-17-20(16-21-22(33(38,39)40)13-9-15-24(21)34)30-42(28(31(2,3)44-30)27(41)18-10-6-5-7-11-18)29(43)25(17)19-12-8-14-23(26(19)35)32(4,36)37/h5-15,27-28H,16,41H2,1-4H3/t27?,28-/m0/s1. The van der Waals surface area contributed by atoms with E-state index in [1.165, 1.54) is 35.4 Å². The molecule has 0 radical (unpaired) electrons. The number of aromatic nitrogens is 1. The van der Waals surface area contributed by atoms with Crippen LogP contribution in [0.15, 0.2) is 76.6 Å². The van der Waals surface area contributed by atoms with Crippen molar-refractivity contribution in [3.8, 4) is 11.1 Å². The zero-order valence-electron chi connectivity index (χ0n) is 24.2. The molecule has 1 unspecified atom stereocenters. The van der Waals surface area contributed by atoms with Crippen molar-refractivity contribution in [2.24, 2.45) is 5.73 Å². The summed E-state index contributed by atoms with van der Waals surface area (Å²) in [6.07, 6.45) is -5.49. The van der Waals surface area contributed by atoms with Crippen LogP contribution in [0.25, 0.3) is 11.1 Å².